The number of benzene rings is 1. The van der Waals surface area contributed by atoms with Crippen molar-refractivity contribution in [3.05, 3.63) is 23.3 Å². The van der Waals surface area contributed by atoms with E-state index in [4.69, 9.17) is 9.47 Å². The highest BCUT2D eigenvalue weighted by molar-refractivity contribution is 9.08. The molecule has 2 rings (SSSR count). The molecule has 0 saturated heterocycles. The van der Waals surface area contributed by atoms with Crippen LogP contribution in [0.5, 0.6) is 5.19 Å². The van der Waals surface area contributed by atoms with Crippen molar-refractivity contribution in [3.8, 4) is 5.19 Å². The lowest BCUT2D eigenvalue weighted by Crippen LogP contribution is -2.37. The predicted octanol–water partition coefficient (Wildman–Crippen LogP) is 5.23. The van der Waals surface area contributed by atoms with Gasteiger partial charge in [0.15, 0.2) is 0 Å². The normalized spacial score (nSPS) is 12.1. The number of rotatable bonds is 2. The monoisotopic (exact) mass is 454 g/mol. The van der Waals surface area contributed by atoms with Gasteiger partial charge in [0, 0.05) is 5.33 Å². The molecule has 0 aliphatic heterocycles. The molecule has 0 radical (unpaired) electrons. The summed E-state index contributed by atoms with van der Waals surface area (Å²) in [6, 6.07) is 1.90. The SMILES string of the molecule is CC(C)(C)OC(=O)NC(=O)Oc1nc2c(CBr)cc(C(F)(F)F)cc2s1. The third-order valence-corrected chi connectivity index (χ3v) is 4.29. The highest BCUT2D eigenvalue weighted by atomic mass is 79.9. The van der Waals surface area contributed by atoms with Crippen molar-refractivity contribution in [2.24, 2.45) is 0 Å². The van der Waals surface area contributed by atoms with E-state index in [1.54, 1.807) is 20.8 Å². The van der Waals surface area contributed by atoms with E-state index in [1.165, 1.54) is 0 Å². The van der Waals surface area contributed by atoms with Crippen LogP contribution >= 0.6 is 27.3 Å². The Labute approximate surface area is 158 Å². The third-order valence-electron chi connectivity index (χ3n) is 2.81. The van der Waals surface area contributed by atoms with Crippen LogP contribution in [-0.2, 0) is 16.2 Å². The largest absolute Gasteiger partial charge is 0.443 e. The minimum absolute atomic E-state index is 0.140. The second kappa shape index (κ2) is 7.39. The number of carbonyl (C=O) groups is 2. The van der Waals surface area contributed by atoms with Gasteiger partial charge in [-0.05, 0) is 38.5 Å². The van der Waals surface area contributed by atoms with Crippen molar-refractivity contribution < 1.29 is 32.2 Å². The van der Waals surface area contributed by atoms with E-state index in [0.717, 1.165) is 23.5 Å². The Morgan fingerprint density at radius 1 is 1.23 bits per heavy atom. The van der Waals surface area contributed by atoms with E-state index in [1.807, 2.05) is 5.32 Å². The first-order valence-corrected chi connectivity index (χ1v) is 9.11. The first-order valence-electron chi connectivity index (χ1n) is 7.17. The number of fused-ring (bicyclic) bond motifs is 1. The molecule has 2 aromatic rings. The van der Waals surface area contributed by atoms with Gasteiger partial charge in [0.2, 0.25) is 0 Å². The second-order valence-corrected chi connectivity index (χ2v) is 7.66. The Morgan fingerprint density at radius 2 is 1.88 bits per heavy atom. The number of amides is 2. The number of carbonyl (C=O) groups excluding carboxylic acids is 2. The standard InChI is InChI=1S/C15H14BrF3N2O4S/c1-14(2,3)25-12(23)21-11(22)24-13-20-10-7(6-16)4-8(15(17,18)19)5-9(10)26-13/h4-5H,6H2,1-3H3,(H,21,22,23). The first kappa shape index (κ1) is 20.4. The molecule has 0 atom stereocenters. The highest BCUT2D eigenvalue weighted by Gasteiger charge is 2.32. The van der Waals surface area contributed by atoms with Gasteiger partial charge >= 0.3 is 18.4 Å². The molecule has 0 saturated carbocycles. The molecule has 1 aromatic heterocycles. The molecule has 0 bridgehead atoms. The molecule has 6 nitrogen and oxygen atoms in total. The Kier molecular flexibility index (Phi) is 5.81. The van der Waals surface area contributed by atoms with Crippen LogP contribution in [0.3, 0.4) is 0 Å². The zero-order chi connectivity index (χ0) is 19.7. The molecule has 0 aliphatic carbocycles. The minimum Gasteiger partial charge on any atom is -0.443 e. The van der Waals surface area contributed by atoms with Crippen molar-refractivity contribution in [3.63, 3.8) is 0 Å². The smallest absolute Gasteiger partial charge is 0.424 e. The van der Waals surface area contributed by atoms with E-state index in [9.17, 15) is 22.8 Å². The van der Waals surface area contributed by atoms with Crippen LogP contribution < -0.4 is 10.1 Å². The van der Waals surface area contributed by atoms with Crippen molar-refractivity contribution in [1.29, 1.82) is 0 Å². The molecular weight excluding hydrogens is 441 g/mol. The van der Waals surface area contributed by atoms with E-state index < -0.39 is 29.5 Å². The molecule has 0 fully saturated rings. The van der Waals surface area contributed by atoms with Crippen molar-refractivity contribution in [2.75, 3.05) is 0 Å². The van der Waals surface area contributed by atoms with Gasteiger partial charge in [-0.25, -0.2) is 19.9 Å². The summed E-state index contributed by atoms with van der Waals surface area (Å²) in [7, 11) is 0. The number of hydrogen-bond acceptors (Lipinski definition) is 6. The Morgan fingerprint density at radius 3 is 2.42 bits per heavy atom. The first-order chi connectivity index (χ1) is 11.9. The lowest BCUT2D eigenvalue weighted by molar-refractivity contribution is -0.137. The summed E-state index contributed by atoms with van der Waals surface area (Å²) in [6.45, 7) is 4.85. The van der Waals surface area contributed by atoms with Crippen LogP contribution in [0, 0.1) is 0 Å². The Bertz CT molecular complexity index is 846. The summed E-state index contributed by atoms with van der Waals surface area (Å²) in [5, 5.41) is 1.80. The van der Waals surface area contributed by atoms with Gasteiger partial charge in [0.05, 0.1) is 15.8 Å². The van der Waals surface area contributed by atoms with Crippen LogP contribution in [0.1, 0.15) is 31.9 Å². The lowest BCUT2D eigenvalue weighted by atomic mass is 10.1. The van der Waals surface area contributed by atoms with Crippen LogP contribution in [0.2, 0.25) is 0 Å². The van der Waals surface area contributed by atoms with Crippen molar-refractivity contribution in [2.45, 2.75) is 37.9 Å². The molecule has 1 N–H and O–H groups in total. The number of nitrogens with one attached hydrogen (secondary N) is 1. The van der Waals surface area contributed by atoms with Gasteiger partial charge < -0.3 is 9.47 Å². The fourth-order valence-corrected chi connectivity index (χ4v) is 3.21. The number of halogens is 4. The van der Waals surface area contributed by atoms with Crippen molar-refractivity contribution in [1.82, 2.24) is 10.3 Å². The number of imide groups is 1. The molecule has 11 heteroatoms. The molecule has 0 aliphatic rings. The fraction of sp³-hybridized carbons (Fsp3) is 0.400. The van der Waals surface area contributed by atoms with Crippen LogP contribution in [-0.4, -0.2) is 22.8 Å². The highest BCUT2D eigenvalue weighted by Crippen LogP contribution is 2.37. The van der Waals surface area contributed by atoms with Crippen molar-refractivity contribution >= 4 is 49.7 Å². The molecule has 26 heavy (non-hydrogen) atoms. The van der Waals surface area contributed by atoms with Crippen LogP contribution in [0.25, 0.3) is 10.2 Å². The zero-order valence-corrected chi connectivity index (χ0v) is 16.3. The summed E-state index contributed by atoms with van der Waals surface area (Å²) in [5.41, 5.74) is -1.06. The summed E-state index contributed by atoms with van der Waals surface area (Å²) in [4.78, 5) is 27.2. The molecule has 1 heterocycles. The number of alkyl halides is 4. The molecular formula is C15H14BrF3N2O4S. The molecule has 142 valence electrons. The number of aromatic nitrogens is 1. The number of ether oxygens (including phenoxy) is 2. The summed E-state index contributed by atoms with van der Waals surface area (Å²) >= 11 is 3.87. The summed E-state index contributed by atoms with van der Waals surface area (Å²) < 4.78 is 48.8. The van der Waals surface area contributed by atoms with Gasteiger partial charge in [-0.2, -0.15) is 13.2 Å². The van der Waals surface area contributed by atoms with Gasteiger partial charge in [-0.3, -0.25) is 0 Å². The fourth-order valence-electron chi connectivity index (χ4n) is 1.88. The topological polar surface area (TPSA) is 77.5 Å². The predicted molar refractivity (Wildman–Crippen MR) is 92.6 cm³/mol. The van der Waals surface area contributed by atoms with E-state index in [-0.39, 0.29) is 20.7 Å². The Balaban J connectivity index is 2.21. The van der Waals surface area contributed by atoms with E-state index in [2.05, 4.69) is 20.9 Å². The number of alkyl carbamates (subject to hydrolysis) is 1. The molecule has 1 aromatic carbocycles. The maximum atomic E-state index is 12.9. The van der Waals surface area contributed by atoms with Crippen LogP contribution in [0.4, 0.5) is 22.8 Å². The maximum Gasteiger partial charge on any atom is 0.424 e. The average Bonchev–Trinajstić information content (AvgIpc) is 2.84. The average molecular weight is 455 g/mol. The number of hydrogen-bond donors (Lipinski definition) is 1. The third kappa shape index (κ3) is 5.31. The van der Waals surface area contributed by atoms with Gasteiger partial charge in [-0.1, -0.05) is 27.3 Å². The second-order valence-electron chi connectivity index (χ2n) is 6.11. The van der Waals surface area contributed by atoms with E-state index in [0.29, 0.717) is 5.56 Å². The van der Waals surface area contributed by atoms with Crippen LogP contribution in [0.15, 0.2) is 12.1 Å². The van der Waals surface area contributed by atoms with Gasteiger partial charge in [0.1, 0.15) is 5.60 Å². The molecule has 0 spiro atoms. The Hall–Kier alpha value is -1.88. The summed E-state index contributed by atoms with van der Waals surface area (Å²) in [5.74, 6) is 0. The number of thiazole rings is 1. The van der Waals surface area contributed by atoms with Gasteiger partial charge in [0.25, 0.3) is 5.19 Å². The maximum absolute atomic E-state index is 12.9. The van der Waals surface area contributed by atoms with E-state index >= 15 is 0 Å². The minimum atomic E-state index is -4.51. The molecule has 0 unspecified atom stereocenters. The zero-order valence-electron chi connectivity index (χ0n) is 13.9. The molecule has 2 amide bonds. The van der Waals surface area contributed by atoms with Gasteiger partial charge in [-0.15, -0.1) is 0 Å². The number of nitrogens with zero attached hydrogens (tertiary/aromatic N) is 1. The summed E-state index contributed by atoms with van der Waals surface area (Å²) in [6.07, 6.45) is -6.66. The lowest BCUT2D eigenvalue weighted by Gasteiger charge is -2.18. The quantitative estimate of drug-likeness (QED) is 0.628.